The highest BCUT2D eigenvalue weighted by atomic mass is 19.1. The fourth-order valence-corrected chi connectivity index (χ4v) is 3.43. The van der Waals surface area contributed by atoms with Gasteiger partial charge in [0.15, 0.2) is 0 Å². The van der Waals surface area contributed by atoms with E-state index in [4.69, 9.17) is 9.26 Å². The normalized spacial score (nSPS) is 16.3. The van der Waals surface area contributed by atoms with E-state index in [0.717, 1.165) is 35.7 Å². The van der Waals surface area contributed by atoms with Gasteiger partial charge in [0, 0.05) is 31.6 Å². The van der Waals surface area contributed by atoms with Crippen molar-refractivity contribution in [2.75, 3.05) is 32.8 Å². The number of carbonyl (C=O) groups excluding carboxylic acids is 1. The van der Waals surface area contributed by atoms with Crippen molar-refractivity contribution in [3.63, 3.8) is 0 Å². The van der Waals surface area contributed by atoms with Gasteiger partial charge < -0.3 is 14.6 Å². The molecule has 2 heterocycles. The number of nitrogens with one attached hydrogen (secondary N) is 1. The fourth-order valence-electron chi connectivity index (χ4n) is 3.43. The lowest BCUT2D eigenvalue weighted by Gasteiger charge is -2.35. The van der Waals surface area contributed by atoms with Gasteiger partial charge in [-0.2, -0.15) is 0 Å². The van der Waals surface area contributed by atoms with Gasteiger partial charge in [0.2, 0.25) is 5.91 Å². The Bertz CT molecular complexity index is 735. The second kappa shape index (κ2) is 9.10. The average molecular weight is 375 g/mol. The van der Waals surface area contributed by atoms with Gasteiger partial charge in [0.05, 0.1) is 24.9 Å². The molecule has 2 aromatic rings. The summed E-state index contributed by atoms with van der Waals surface area (Å²) in [5, 5.41) is 6.95. The maximum absolute atomic E-state index is 13.3. The molecule has 7 heteroatoms. The Kier molecular flexibility index (Phi) is 6.58. The zero-order valence-corrected chi connectivity index (χ0v) is 15.8. The molecule has 0 radical (unpaired) electrons. The third-order valence-corrected chi connectivity index (χ3v) is 5.02. The SMILES string of the molecule is Cc1noc(C)c1CCC(=O)NCC(c1ccc(F)cc1)N1CCOCC1. The summed E-state index contributed by atoms with van der Waals surface area (Å²) in [4.78, 5) is 14.6. The van der Waals surface area contributed by atoms with E-state index in [-0.39, 0.29) is 17.8 Å². The van der Waals surface area contributed by atoms with Crippen molar-refractivity contribution in [2.45, 2.75) is 32.7 Å². The van der Waals surface area contributed by atoms with E-state index in [0.29, 0.717) is 32.6 Å². The first-order valence-corrected chi connectivity index (χ1v) is 9.30. The highest BCUT2D eigenvalue weighted by Gasteiger charge is 2.23. The van der Waals surface area contributed by atoms with Gasteiger partial charge in [0.1, 0.15) is 11.6 Å². The predicted molar refractivity (Wildman–Crippen MR) is 98.8 cm³/mol. The van der Waals surface area contributed by atoms with Gasteiger partial charge >= 0.3 is 0 Å². The molecule has 6 nitrogen and oxygen atoms in total. The molecule has 0 saturated carbocycles. The van der Waals surface area contributed by atoms with E-state index in [9.17, 15) is 9.18 Å². The molecule has 1 fully saturated rings. The lowest BCUT2D eigenvalue weighted by atomic mass is 10.0. The van der Waals surface area contributed by atoms with Gasteiger partial charge in [0.25, 0.3) is 0 Å². The molecule has 1 amide bonds. The molecular formula is C20H26FN3O3. The van der Waals surface area contributed by atoms with Crippen LogP contribution >= 0.6 is 0 Å². The highest BCUT2D eigenvalue weighted by Crippen LogP contribution is 2.22. The number of ether oxygens (including phenoxy) is 1. The van der Waals surface area contributed by atoms with Gasteiger partial charge in [-0.25, -0.2) is 4.39 Å². The average Bonchev–Trinajstić information content (AvgIpc) is 3.00. The van der Waals surface area contributed by atoms with Crippen LogP contribution in [0, 0.1) is 19.7 Å². The highest BCUT2D eigenvalue weighted by molar-refractivity contribution is 5.76. The Hall–Kier alpha value is -2.25. The molecule has 1 aliphatic heterocycles. The maximum atomic E-state index is 13.3. The number of morpholine rings is 1. The molecule has 0 aliphatic carbocycles. The molecule has 1 saturated heterocycles. The zero-order valence-electron chi connectivity index (χ0n) is 15.8. The van der Waals surface area contributed by atoms with E-state index in [1.807, 2.05) is 13.8 Å². The minimum atomic E-state index is -0.261. The summed E-state index contributed by atoms with van der Waals surface area (Å²) >= 11 is 0. The number of hydrogen-bond donors (Lipinski definition) is 1. The Morgan fingerprint density at radius 1 is 1.26 bits per heavy atom. The summed E-state index contributed by atoms with van der Waals surface area (Å²) in [6.45, 7) is 7.12. The Morgan fingerprint density at radius 2 is 1.96 bits per heavy atom. The lowest BCUT2D eigenvalue weighted by Crippen LogP contribution is -2.43. The van der Waals surface area contributed by atoms with Crippen molar-refractivity contribution in [1.29, 1.82) is 0 Å². The van der Waals surface area contributed by atoms with Crippen LogP contribution in [0.5, 0.6) is 0 Å². The lowest BCUT2D eigenvalue weighted by molar-refractivity contribution is -0.121. The summed E-state index contributed by atoms with van der Waals surface area (Å²) in [5.41, 5.74) is 2.82. The minimum absolute atomic E-state index is 0.00230. The van der Waals surface area contributed by atoms with Crippen LogP contribution in [0.15, 0.2) is 28.8 Å². The summed E-state index contributed by atoms with van der Waals surface area (Å²) in [6.07, 6.45) is 0.980. The largest absolute Gasteiger partial charge is 0.379 e. The first-order chi connectivity index (χ1) is 13.0. The van der Waals surface area contributed by atoms with E-state index in [2.05, 4.69) is 15.4 Å². The molecular weight excluding hydrogens is 349 g/mol. The number of amides is 1. The summed E-state index contributed by atoms with van der Waals surface area (Å²) in [6, 6.07) is 6.48. The summed E-state index contributed by atoms with van der Waals surface area (Å²) in [5.74, 6) is 0.483. The molecule has 3 rings (SSSR count). The van der Waals surface area contributed by atoms with Gasteiger partial charge in [-0.05, 0) is 38.0 Å². The fraction of sp³-hybridized carbons (Fsp3) is 0.500. The molecule has 1 aromatic heterocycles. The van der Waals surface area contributed by atoms with Crippen LogP contribution in [0.3, 0.4) is 0 Å². The van der Waals surface area contributed by atoms with Crippen molar-refractivity contribution >= 4 is 5.91 Å². The molecule has 0 bridgehead atoms. The van der Waals surface area contributed by atoms with Crippen molar-refractivity contribution in [1.82, 2.24) is 15.4 Å². The van der Waals surface area contributed by atoms with Crippen LogP contribution in [0.4, 0.5) is 4.39 Å². The van der Waals surface area contributed by atoms with E-state index < -0.39 is 0 Å². The van der Waals surface area contributed by atoms with E-state index >= 15 is 0 Å². The van der Waals surface area contributed by atoms with Gasteiger partial charge in [-0.3, -0.25) is 9.69 Å². The Balaban J connectivity index is 1.60. The Morgan fingerprint density at radius 3 is 2.59 bits per heavy atom. The number of aromatic nitrogens is 1. The number of rotatable bonds is 7. The van der Waals surface area contributed by atoms with Crippen LogP contribution in [0.1, 0.15) is 35.0 Å². The van der Waals surface area contributed by atoms with Crippen molar-refractivity contribution in [3.8, 4) is 0 Å². The maximum Gasteiger partial charge on any atom is 0.220 e. The third kappa shape index (κ3) is 5.14. The van der Waals surface area contributed by atoms with Gasteiger partial charge in [-0.15, -0.1) is 0 Å². The quantitative estimate of drug-likeness (QED) is 0.806. The van der Waals surface area contributed by atoms with Crippen LogP contribution < -0.4 is 5.32 Å². The summed E-state index contributed by atoms with van der Waals surface area (Å²) < 4.78 is 23.9. The topological polar surface area (TPSA) is 67.6 Å². The minimum Gasteiger partial charge on any atom is -0.379 e. The Labute approximate surface area is 158 Å². The molecule has 1 atom stereocenters. The molecule has 146 valence electrons. The summed E-state index contributed by atoms with van der Waals surface area (Å²) in [7, 11) is 0. The first kappa shape index (κ1) is 19.5. The van der Waals surface area contributed by atoms with E-state index in [1.54, 1.807) is 12.1 Å². The van der Waals surface area contributed by atoms with Crippen molar-refractivity contribution in [2.24, 2.45) is 0 Å². The second-order valence-corrected chi connectivity index (χ2v) is 6.82. The van der Waals surface area contributed by atoms with Crippen molar-refractivity contribution in [3.05, 3.63) is 52.7 Å². The molecule has 1 N–H and O–H groups in total. The molecule has 1 unspecified atom stereocenters. The second-order valence-electron chi connectivity index (χ2n) is 6.82. The molecule has 27 heavy (non-hydrogen) atoms. The van der Waals surface area contributed by atoms with Crippen LogP contribution in [0.25, 0.3) is 0 Å². The number of hydrogen-bond acceptors (Lipinski definition) is 5. The smallest absolute Gasteiger partial charge is 0.220 e. The van der Waals surface area contributed by atoms with Gasteiger partial charge in [-0.1, -0.05) is 17.3 Å². The number of halogens is 1. The molecule has 1 aromatic carbocycles. The number of aryl methyl sites for hydroxylation is 2. The van der Waals surface area contributed by atoms with Crippen LogP contribution in [0.2, 0.25) is 0 Å². The van der Waals surface area contributed by atoms with Crippen molar-refractivity contribution < 1.29 is 18.4 Å². The first-order valence-electron chi connectivity index (χ1n) is 9.30. The zero-order chi connectivity index (χ0) is 19.2. The molecule has 1 aliphatic rings. The third-order valence-electron chi connectivity index (χ3n) is 5.02. The molecule has 0 spiro atoms. The number of nitrogens with zero attached hydrogens (tertiary/aromatic N) is 2. The predicted octanol–water partition coefficient (Wildman–Crippen LogP) is 2.55. The van der Waals surface area contributed by atoms with E-state index in [1.165, 1.54) is 12.1 Å². The van der Waals surface area contributed by atoms with Crippen LogP contribution in [-0.2, 0) is 16.0 Å². The monoisotopic (exact) mass is 375 g/mol. The van der Waals surface area contributed by atoms with Crippen LogP contribution in [-0.4, -0.2) is 48.8 Å². The standard InChI is InChI=1S/C20H26FN3O3/c1-14-18(15(2)27-23-14)7-8-20(25)22-13-19(24-9-11-26-12-10-24)16-3-5-17(21)6-4-16/h3-6,19H,7-13H2,1-2H3,(H,22,25). The number of carbonyl (C=O) groups is 1. The number of benzene rings is 1.